The first-order chi connectivity index (χ1) is 45.8. The van der Waals surface area contributed by atoms with Crippen molar-refractivity contribution in [2.45, 2.75) is 193 Å². The van der Waals surface area contributed by atoms with E-state index in [-0.39, 0.29) is 78.4 Å². The van der Waals surface area contributed by atoms with Crippen molar-refractivity contribution in [2.75, 3.05) is 26.0 Å². The van der Waals surface area contributed by atoms with Gasteiger partial charge >= 0.3 is 30.0 Å². The predicted molar refractivity (Wildman–Crippen MR) is 351 cm³/mol. The smallest absolute Gasteiger partial charge is 0.408 e. The molecular formula is C71H88N8O18. The molecule has 0 spiro atoms. The Morgan fingerprint density at radius 2 is 1.55 bits per heavy atom. The molecule has 9 rings (SSSR count). The molecule has 26 heteroatoms. The third-order valence-corrected chi connectivity index (χ3v) is 19.3. The number of rotatable bonds is 25. The van der Waals surface area contributed by atoms with E-state index in [0.29, 0.717) is 29.7 Å². The lowest BCUT2D eigenvalue weighted by atomic mass is 9.43. The van der Waals surface area contributed by atoms with Gasteiger partial charge in [0.15, 0.2) is 11.2 Å². The topological polar surface area (TPSA) is 375 Å². The van der Waals surface area contributed by atoms with Crippen molar-refractivity contribution in [3.63, 3.8) is 0 Å². The Labute approximate surface area is 561 Å². The molecule has 3 amide bonds. The number of anilines is 1. The van der Waals surface area contributed by atoms with Crippen LogP contribution in [-0.4, -0.2) is 157 Å². The van der Waals surface area contributed by atoms with Crippen molar-refractivity contribution < 1.29 is 81.7 Å². The Balaban J connectivity index is 0.902. The summed E-state index contributed by atoms with van der Waals surface area (Å²) in [4.78, 5) is 140. The zero-order valence-electron chi connectivity index (χ0n) is 56.6. The van der Waals surface area contributed by atoms with Gasteiger partial charge in [0.05, 0.1) is 54.2 Å². The van der Waals surface area contributed by atoms with Gasteiger partial charge in [0.2, 0.25) is 18.0 Å². The number of methoxy groups -OCH3 is 1. The number of esters is 3. The number of carbonyl (C=O) groups is 8. The van der Waals surface area contributed by atoms with Crippen LogP contribution >= 0.6 is 0 Å². The minimum absolute atomic E-state index is 0.0154. The molecular weight excluding hydrogens is 1250 g/mol. The van der Waals surface area contributed by atoms with E-state index < -0.39 is 155 Å². The van der Waals surface area contributed by atoms with E-state index >= 15 is 9.59 Å². The van der Waals surface area contributed by atoms with Crippen LogP contribution in [0.3, 0.4) is 0 Å². The zero-order valence-corrected chi connectivity index (χ0v) is 56.6. The average molecular weight is 1340 g/mol. The van der Waals surface area contributed by atoms with E-state index in [0.717, 1.165) is 5.56 Å². The molecule has 0 unspecified atom stereocenters. The highest BCUT2D eigenvalue weighted by molar-refractivity contribution is 5.97. The summed E-state index contributed by atoms with van der Waals surface area (Å²) in [5.41, 5.74) is 0.658. The summed E-state index contributed by atoms with van der Waals surface area (Å²) in [6.45, 7) is 17.4. The van der Waals surface area contributed by atoms with Crippen LogP contribution in [0.15, 0.2) is 107 Å². The van der Waals surface area contributed by atoms with Crippen molar-refractivity contribution in [2.24, 2.45) is 22.7 Å². The van der Waals surface area contributed by atoms with Crippen LogP contribution < -0.4 is 27.2 Å². The predicted octanol–water partition coefficient (Wildman–Crippen LogP) is 6.95. The Kier molecular flexibility index (Phi) is 21.9. The van der Waals surface area contributed by atoms with Gasteiger partial charge in [-0.1, -0.05) is 81.4 Å². The first-order valence-corrected chi connectivity index (χ1v) is 32.7. The Hall–Kier alpha value is -8.98. The van der Waals surface area contributed by atoms with Crippen LogP contribution in [0, 0.1) is 22.7 Å². The van der Waals surface area contributed by atoms with Crippen molar-refractivity contribution in [1.82, 2.24) is 35.9 Å². The third-order valence-electron chi connectivity index (χ3n) is 19.3. The van der Waals surface area contributed by atoms with Crippen LogP contribution in [0.5, 0.6) is 0 Å². The number of fused-ring (bicyclic) bond motifs is 6. The molecule has 0 radical (unpaired) electrons. The van der Waals surface area contributed by atoms with E-state index in [2.05, 4.69) is 35.9 Å². The molecule has 2 saturated carbocycles. The van der Waals surface area contributed by atoms with E-state index in [9.17, 15) is 43.8 Å². The minimum atomic E-state index is -2.20. The number of hydrogen-bond acceptors (Lipinski definition) is 21. The number of amides is 3. The van der Waals surface area contributed by atoms with Gasteiger partial charge in [0, 0.05) is 55.7 Å². The molecule has 3 aromatic carbocycles. The van der Waals surface area contributed by atoms with Crippen molar-refractivity contribution in [1.29, 1.82) is 0 Å². The monoisotopic (exact) mass is 1340 g/mol. The van der Waals surface area contributed by atoms with Gasteiger partial charge in [0.25, 0.3) is 11.5 Å². The summed E-state index contributed by atoms with van der Waals surface area (Å²) >= 11 is 0. The molecule has 97 heavy (non-hydrogen) atoms. The number of carboxylic acid groups (broad SMARTS) is 1. The molecule has 520 valence electrons. The fraction of sp³-hybridized carbons (Fsp3) is 0.521. The van der Waals surface area contributed by atoms with E-state index in [1.54, 1.807) is 140 Å². The zero-order chi connectivity index (χ0) is 70.5. The molecule has 3 heterocycles. The largest absolute Gasteiger partial charge is 0.480 e. The van der Waals surface area contributed by atoms with Crippen LogP contribution in [0.2, 0.25) is 0 Å². The molecule has 26 nitrogen and oxygen atoms in total. The number of nitrogens with one attached hydrogen (secondary N) is 4. The summed E-state index contributed by atoms with van der Waals surface area (Å²) in [5.74, 6) is -8.01. The lowest BCUT2D eigenvalue weighted by Crippen LogP contribution is -2.81. The SMILES string of the molecule is CO[C@H]1C[C@H]2OC[C@@]2(OC(C)C)[C@H]2[C@H](OC(=O)c3ccccc3)[C@]3(O)C[C@H](OC(=O)[C@H](OC(=O)CCC(=O)NCCCC[C@H](NC(=O)c4ccc(CCc5cnc6nc(N)[nH]c(=O)c6n5)cc4)C(=O)O)[C@@H](NC(=O)OC(C)(C)C)c4ccccc4)C(C)=C([C@@H](C)C(=O)[C@]12C)C3(C)C. The number of nitrogen functional groups attached to an aromatic ring is 1. The maximum absolute atomic E-state index is 15.9. The number of ether oxygens (including phenoxy) is 7. The highest BCUT2D eigenvalue weighted by Gasteiger charge is 2.77. The van der Waals surface area contributed by atoms with Crippen LogP contribution in [0.1, 0.15) is 158 Å². The summed E-state index contributed by atoms with van der Waals surface area (Å²) in [6.07, 6.45) is -6.11. The number of aliphatic hydroxyl groups is 1. The first kappa shape index (κ1) is 72.3. The molecule has 3 fully saturated rings. The number of aromatic nitrogens is 4. The third kappa shape index (κ3) is 15.4. The van der Waals surface area contributed by atoms with Crippen LogP contribution in [0.4, 0.5) is 10.7 Å². The number of unbranched alkanes of at least 4 members (excludes halogenated alkanes) is 1. The number of carbonyl (C=O) groups excluding carboxylic acids is 7. The molecule has 1 saturated heterocycles. The lowest BCUT2D eigenvalue weighted by molar-refractivity contribution is -0.364. The number of nitrogens with two attached hydrogens (primary N) is 1. The van der Waals surface area contributed by atoms with E-state index in [1.807, 2.05) is 13.8 Å². The standard InChI is InChI=1S/C71H88N8O18/c1-38(2)96-70-37-92-49(70)34-48(91-11)69(10)56(70)58(95-63(87)44-22-16-13-17-23-44)71(90)35-47(39(3)52(68(71,8)9)40(4)57(69)82)93-64(88)55(53(42-20-14-12-15-21-42)77-66(89)97-67(5,6)7)94-51(81)32-31-50(80)73-33-19-18-24-46(62(85)86)76-60(83)43-28-25-41(26-29-43)27-30-45-36-74-59-54(75-45)61(84)79-65(72)78-59/h12-17,20-23,25-26,28-29,36,38,40,46-49,53,55-56,58,90H,18-19,24,27,30-35,37H2,1-11H3,(H,73,80)(H,76,83)(H,77,89)(H,85,86)(H3,72,74,78,79,84)/t40-,46+,47+,48+,49-,53+,55-,56+,58+,69-,70+,71-/m1/s1. The number of H-pyrrole nitrogens is 1. The Morgan fingerprint density at radius 1 is 0.866 bits per heavy atom. The number of carboxylic acids is 1. The van der Waals surface area contributed by atoms with Crippen molar-refractivity contribution in [3.8, 4) is 0 Å². The van der Waals surface area contributed by atoms with Gasteiger partial charge in [-0.05, 0) is 127 Å². The highest BCUT2D eigenvalue weighted by Crippen LogP contribution is 2.65. The van der Waals surface area contributed by atoms with Crippen LogP contribution in [-0.2, 0) is 70.0 Å². The molecule has 1 aliphatic heterocycles. The summed E-state index contributed by atoms with van der Waals surface area (Å²) < 4.78 is 44.3. The summed E-state index contributed by atoms with van der Waals surface area (Å²) in [6, 6.07) is 20.2. The molecule has 12 atom stereocenters. The van der Waals surface area contributed by atoms with Gasteiger partial charge in [-0.25, -0.2) is 29.1 Å². The second-order valence-electron chi connectivity index (χ2n) is 27.5. The van der Waals surface area contributed by atoms with Gasteiger partial charge < -0.3 is 65.1 Å². The number of aromatic amines is 1. The van der Waals surface area contributed by atoms with Gasteiger partial charge in [-0.3, -0.25) is 29.0 Å². The number of benzene rings is 3. The molecule has 3 aliphatic carbocycles. The second-order valence-corrected chi connectivity index (χ2v) is 27.5. The summed E-state index contributed by atoms with van der Waals surface area (Å²) in [5, 5.41) is 32.2. The van der Waals surface area contributed by atoms with E-state index in [4.69, 9.17) is 38.9 Å². The van der Waals surface area contributed by atoms with Crippen molar-refractivity contribution >= 4 is 64.7 Å². The lowest BCUT2D eigenvalue weighted by Gasteiger charge is -2.68. The fourth-order valence-corrected chi connectivity index (χ4v) is 14.6. The number of aliphatic carboxylic acids is 1. The number of alkyl carbamates (subject to hydrolysis) is 1. The number of aryl methyl sites for hydroxylation is 2. The molecule has 4 aliphatic rings. The number of hydrogen-bond donors (Lipinski definition) is 7. The molecule has 2 aromatic heterocycles. The van der Waals surface area contributed by atoms with Crippen molar-refractivity contribution in [3.05, 3.63) is 141 Å². The normalized spacial score (nSPS) is 25.1. The maximum atomic E-state index is 15.9. The number of Topliss-reactive ketones (excluding diaryl/α,β-unsaturated/α-hetero) is 1. The first-order valence-electron chi connectivity index (χ1n) is 32.7. The van der Waals surface area contributed by atoms with Crippen LogP contribution in [0.25, 0.3) is 11.2 Å². The molecule has 8 N–H and O–H groups in total. The Morgan fingerprint density at radius 3 is 2.18 bits per heavy atom. The average Bonchev–Trinajstić information content (AvgIpc) is 0.670. The quantitative estimate of drug-likeness (QED) is 0.0134. The fourth-order valence-electron chi connectivity index (χ4n) is 14.6. The van der Waals surface area contributed by atoms with Gasteiger partial charge in [0.1, 0.15) is 46.9 Å². The van der Waals surface area contributed by atoms with Gasteiger partial charge in [-0.2, -0.15) is 4.98 Å². The molecule has 5 aromatic rings. The second kappa shape index (κ2) is 29.4. The number of nitrogens with zero attached hydrogens (tertiary/aromatic N) is 3. The molecule has 2 bridgehead atoms. The van der Waals surface area contributed by atoms with E-state index in [1.165, 1.54) is 13.3 Å². The summed E-state index contributed by atoms with van der Waals surface area (Å²) in [7, 11) is 1.50. The maximum Gasteiger partial charge on any atom is 0.408 e. The number of ketones is 1. The Bertz CT molecular complexity index is 3860. The minimum Gasteiger partial charge on any atom is -0.480 e. The highest BCUT2D eigenvalue weighted by atomic mass is 16.6. The van der Waals surface area contributed by atoms with Gasteiger partial charge in [-0.15, -0.1) is 0 Å².